The van der Waals surface area contributed by atoms with Crippen LogP contribution in [-0.2, 0) is 380 Å². The zero-order chi connectivity index (χ0) is 0. The van der Waals surface area contributed by atoms with Gasteiger partial charge in [-0.15, -0.1) is 71.9 Å². The maximum absolute atomic E-state index is 0. The number of rotatable bonds is 0. The Morgan fingerprint density at radius 3 is 0.214 bits per heavy atom. The van der Waals surface area contributed by atoms with E-state index in [1.807, 2.05) is 0 Å². The van der Waals surface area contributed by atoms with Gasteiger partial charge in [0.05, 0.1) is 0 Å². The van der Waals surface area contributed by atoms with Crippen LogP contribution in [0.4, 0.5) is 4.70 Å². The summed E-state index contributed by atoms with van der Waals surface area (Å²) in [6.07, 6.45) is 0. The van der Waals surface area contributed by atoms with Gasteiger partial charge in [0.15, 0.2) is 0 Å². The second kappa shape index (κ2) is 741. The van der Waals surface area contributed by atoms with Crippen LogP contribution in [0.5, 0.6) is 0 Å². The molecule has 11 radical (unpaired) electrons. The van der Waals surface area contributed by atoms with Crippen molar-refractivity contribution in [1.29, 1.82) is 0 Å². The van der Waals surface area contributed by atoms with Crippen molar-refractivity contribution in [3.8, 4) is 0 Å². The fraction of sp³-hybridized carbons (Fsp3) is 1.00. The molecule has 56 heavy (non-hydrogen) atoms. The number of hydrogen-bond donors (Lipinski definition) is 3. The molecule has 0 fully saturated rings. The third-order valence-electron chi connectivity index (χ3n) is 0. The smallest absolute Gasteiger partial charge is 1.00 e. The normalized spacial score (nSPS) is 0. The van der Waals surface area contributed by atoms with E-state index in [1.165, 1.54) is 0 Å². The summed E-state index contributed by atoms with van der Waals surface area (Å²) in [7, 11) is 0. The quantitative estimate of drug-likeness (QED) is 0.185. The molecule has 5 atom stereocenters. The van der Waals surface area contributed by atoms with Gasteiger partial charge in [0.1, 0.15) is 0 Å². The van der Waals surface area contributed by atoms with Crippen LogP contribution in [0.25, 0.3) is 0 Å². The maximum Gasteiger partial charge on any atom is 1.00 e. The molecule has 0 aliphatic rings. The Hall–Kier alpha value is 26.9. The maximum atomic E-state index is 0. The molecule has 0 aliphatic carbocycles. The molecule has 0 aliphatic heterocycles. The summed E-state index contributed by atoms with van der Waals surface area (Å²) in [6.45, 7) is 0. The minimum Gasteiger partial charge on any atom is -1.00 e. The fourth-order valence-electron chi connectivity index (χ4n) is 0. The molecule has 0 rings (SSSR count). The van der Waals surface area contributed by atoms with Crippen LogP contribution in [0.2, 0.25) is 0 Å². The molecule has 397 valence electrons. The van der Waals surface area contributed by atoms with Crippen molar-refractivity contribution in [3.05, 3.63) is 0 Å². The fourth-order valence-corrected chi connectivity index (χ4v) is 0. The van der Waals surface area contributed by atoms with Gasteiger partial charge in [-0.25, -0.2) is 0 Å². The van der Waals surface area contributed by atoms with E-state index < -0.39 is 0 Å². The average Bonchev–Trinajstić information content (AvgIpc) is 0. The average molecular weight is 3180 g/mol. The van der Waals surface area contributed by atoms with E-state index in [2.05, 4.69) is 0 Å². The minimum absolute atomic E-state index is 0. The topological polar surface area (TPSA) is 105 Å². The molecule has 0 saturated carbocycles. The van der Waals surface area contributed by atoms with E-state index in [-0.39, 0.29) is 955 Å². The first-order valence-electron chi connectivity index (χ1n) is 0. The summed E-state index contributed by atoms with van der Waals surface area (Å²) >= 11 is 0. The SMILES string of the molecule is C.C.C.C.C.C.F.I.I.I.N.N.N.P.P.P.P.P.S.S.S.S.S.S.S.S.S.S.S.S.S.S.S.S.S.S.S.S.[3HH].[3HH].[3HH].[3HH].[3HH].[3HH].[3HH].[H-].[H-].[K+].[K+].[V].[V].[V].[V].[V].[V].[W].[W].[W].[W].[W].[Y].[Y].[Y].[Y].[Y]. The van der Waals surface area contributed by atoms with Crippen molar-refractivity contribution in [3.63, 3.8) is 0 Å². The second-order valence-electron chi connectivity index (χ2n) is 0. The molecular formula is C6H108FI3K2N3P5S20V6W5Y5. The van der Waals surface area contributed by atoms with E-state index in [4.69, 9.17) is 0 Å². The van der Waals surface area contributed by atoms with Gasteiger partial charge in [0.2, 0.25) is 0 Å². The monoisotopic (exact) mass is 3180 g/mol. The molecule has 5 unspecified atom stereocenters. The van der Waals surface area contributed by atoms with Gasteiger partial charge in [0.25, 0.3) is 0 Å². The first-order chi connectivity index (χ1) is 0. The predicted molar refractivity (Wildman–Crippen MR) is 384 cm³/mol. The van der Waals surface area contributed by atoms with Crippen LogP contribution in [0.1, 0.15) is 57.4 Å². The van der Waals surface area contributed by atoms with Crippen LogP contribution in [0.3, 0.4) is 0 Å². The molecule has 0 bridgehead atoms. The zero-order valence-corrected chi connectivity index (χ0v) is 104. The summed E-state index contributed by atoms with van der Waals surface area (Å²) < 4.78 is 0. The second-order valence-corrected chi connectivity index (χ2v) is 0. The minimum atomic E-state index is 0. The molecule has 0 amide bonds. The summed E-state index contributed by atoms with van der Waals surface area (Å²) in [5.74, 6) is 0. The van der Waals surface area contributed by atoms with E-state index in [0.717, 1.165) is 0 Å². The van der Waals surface area contributed by atoms with Crippen molar-refractivity contribution in [2.75, 3.05) is 0 Å². The summed E-state index contributed by atoms with van der Waals surface area (Å²) in [6, 6.07) is 0. The molecule has 0 aromatic rings. The first kappa shape index (κ1) is 769. The largest absolute Gasteiger partial charge is 1.00 e. The predicted octanol–water partition coefficient (Wildman–Crippen LogP) is 4.77. The van der Waals surface area contributed by atoms with Gasteiger partial charge in [-0.1, -0.05) is 44.6 Å². The third kappa shape index (κ3) is 714. The summed E-state index contributed by atoms with van der Waals surface area (Å²) in [5, 5.41) is 0. The van der Waals surface area contributed by atoms with Gasteiger partial charge in [-0.2, -0.15) is 319 Å². The van der Waals surface area contributed by atoms with Crippen LogP contribution < -0.4 is 121 Å². The van der Waals surface area contributed by atoms with E-state index in [1.54, 1.807) is 0 Å². The van der Waals surface area contributed by atoms with E-state index in [0.29, 0.717) is 0 Å². The Morgan fingerprint density at radius 1 is 0.214 bits per heavy atom. The van der Waals surface area contributed by atoms with Gasteiger partial charge in [0, 0.05) is 390 Å². The van der Waals surface area contributed by atoms with Crippen LogP contribution in [0.15, 0.2) is 0 Å². The van der Waals surface area contributed by atoms with E-state index >= 15 is 0 Å². The third-order valence-corrected chi connectivity index (χ3v) is 0. The standard InChI is InChI=1S/6CH4.FH.3HI.2K.3H3N.5H3P.20H2S.6V.5W.5Y.7H2.2H/h6*1H4;4*1H;;;8*1H3;20*1H2;;;;;;;;;;;;;;;;;7*1H;;/q;;;;;;;;;;2*+1;;;;;;;;;;;;;;;;;;;;;;;;;;;;;;;;;;;;;;;;;;;;;;;;;;;;2*-1/i;;;;;;;;;;;;;;;;;;;;;;;;;;;;;;;;;;;;;;;;;;;;;;;;;;;;;;;;7*1+2;;. The van der Waals surface area contributed by atoms with Crippen LogP contribution in [0, 0.1) is 0 Å². The molecule has 0 aromatic carbocycles. The Bertz CT molecular complexity index is 199. The van der Waals surface area contributed by atoms with Gasteiger partial charge >= 0.3 is 103 Å². The van der Waals surface area contributed by atoms with Gasteiger partial charge in [-0.3, -0.25) is 4.70 Å². The Balaban J connectivity index is 0. The molecule has 0 aromatic heterocycles. The van der Waals surface area contributed by atoms with Crippen molar-refractivity contribution < 1.29 is 501 Å². The molecule has 9 N–H and O–H groups in total. The summed E-state index contributed by atoms with van der Waals surface area (Å²) in [5.41, 5.74) is 0. The van der Waals surface area contributed by atoms with Crippen LogP contribution in [-0.4, -0.2) is 0 Å². The molecule has 50 heteroatoms. The van der Waals surface area contributed by atoms with Crippen molar-refractivity contribution in [2.24, 2.45) is 0 Å². The molecule has 0 spiro atoms. The van der Waals surface area contributed by atoms with Crippen molar-refractivity contribution in [1.82, 2.24) is 18.5 Å². The zero-order valence-electron chi connectivity index (χ0n) is 28.9. The first-order valence-corrected chi connectivity index (χ1v) is 0. The molecule has 0 heterocycles. The van der Waals surface area contributed by atoms with Crippen LogP contribution >= 0.6 is 391 Å². The van der Waals surface area contributed by atoms with Gasteiger partial charge < -0.3 is 21.3 Å². The number of halogens is 4. The van der Waals surface area contributed by atoms with Crippen molar-refractivity contribution in [2.45, 2.75) is 44.6 Å². The molecular weight excluding hydrogens is 3060 g/mol. The molecule has 3 nitrogen and oxygen atoms in total. The van der Waals surface area contributed by atoms with Gasteiger partial charge in [-0.05, 0) is 0 Å². The Kier molecular flexibility index (Phi) is 10200. The van der Waals surface area contributed by atoms with Crippen molar-refractivity contribution >= 4 is 391 Å². The Labute approximate surface area is 929 Å². The van der Waals surface area contributed by atoms with E-state index in [9.17, 15) is 0 Å². The molecule has 0 saturated heterocycles. The number of hydrogen-bond acceptors (Lipinski definition) is 3. The Morgan fingerprint density at radius 2 is 0.214 bits per heavy atom. The summed E-state index contributed by atoms with van der Waals surface area (Å²) in [4.78, 5) is 0.